The summed E-state index contributed by atoms with van der Waals surface area (Å²) >= 11 is 1.56. The number of hydrogen-bond acceptors (Lipinski definition) is 7. The van der Waals surface area contributed by atoms with Crippen LogP contribution in [0.1, 0.15) is 16.8 Å². The van der Waals surface area contributed by atoms with Crippen LogP contribution in [0.2, 0.25) is 0 Å². The van der Waals surface area contributed by atoms with Crippen LogP contribution in [0.4, 0.5) is 0 Å². The minimum atomic E-state index is -0.288. The average molecular weight is 457 g/mol. The van der Waals surface area contributed by atoms with Crippen LogP contribution >= 0.6 is 11.3 Å². The first-order valence-electron chi connectivity index (χ1n) is 10.2. The highest BCUT2D eigenvalue weighted by Crippen LogP contribution is 2.42. The second kappa shape index (κ2) is 8.26. The third-order valence-electron chi connectivity index (χ3n) is 5.72. The van der Waals surface area contributed by atoms with Crippen molar-refractivity contribution in [1.82, 2.24) is 20.0 Å². The Morgan fingerprint density at radius 1 is 1.27 bits per heavy atom. The second-order valence-electron chi connectivity index (χ2n) is 7.64. The molecule has 3 aromatic heterocycles. The molecule has 0 saturated carbocycles. The van der Waals surface area contributed by atoms with Crippen molar-refractivity contribution in [3.8, 4) is 27.8 Å². The number of aromatic amines is 1. The zero-order valence-electron chi connectivity index (χ0n) is 18.0. The molecule has 8 nitrogen and oxygen atoms in total. The maximum absolute atomic E-state index is 12.6. The van der Waals surface area contributed by atoms with Crippen molar-refractivity contribution < 1.29 is 4.74 Å². The van der Waals surface area contributed by atoms with Crippen molar-refractivity contribution in [1.29, 1.82) is 5.26 Å². The fraction of sp³-hybridized carbons (Fsp3) is 0.167. The Morgan fingerprint density at radius 3 is 2.85 bits per heavy atom. The number of rotatable bonds is 5. The number of hydrogen-bond donors (Lipinski definition) is 2. The normalized spacial score (nSPS) is 11.3. The summed E-state index contributed by atoms with van der Waals surface area (Å²) in [7, 11) is 3.45. The number of aryl methyl sites for hydroxylation is 1. The lowest BCUT2D eigenvalue weighted by Crippen LogP contribution is -2.15. The number of H-pyrrole nitrogens is 1. The van der Waals surface area contributed by atoms with Gasteiger partial charge in [0.15, 0.2) is 0 Å². The molecule has 0 spiro atoms. The summed E-state index contributed by atoms with van der Waals surface area (Å²) < 4.78 is 8.20. The molecule has 3 N–H and O–H groups in total. The van der Waals surface area contributed by atoms with Crippen LogP contribution in [0.15, 0.2) is 47.4 Å². The Bertz CT molecular complexity index is 1620. The summed E-state index contributed by atoms with van der Waals surface area (Å²) in [5, 5.41) is 23.3. The zero-order valence-corrected chi connectivity index (χ0v) is 18.9. The molecule has 0 aliphatic carbocycles. The highest BCUT2D eigenvalue weighted by Gasteiger charge is 2.22. The van der Waals surface area contributed by atoms with Gasteiger partial charge < -0.3 is 10.5 Å². The van der Waals surface area contributed by atoms with Gasteiger partial charge in [-0.25, -0.2) is 5.10 Å². The molecule has 0 atom stereocenters. The molecule has 5 aromatic rings. The second-order valence-corrected chi connectivity index (χ2v) is 8.69. The highest BCUT2D eigenvalue weighted by molar-refractivity contribution is 7.22. The van der Waals surface area contributed by atoms with E-state index in [2.05, 4.69) is 21.4 Å². The molecule has 3 heterocycles. The zero-order chi connectivity index (χ0) is 23.1. The SMILES string of the molecule is COCc1cc(-c2cnn(C)c2-c2sc3ccccc3c2C#N)cc2c(CN)n[nH]c(=O)c12. The summed E-state index contributed by atoms with van der Waals surface area (Å²) in [5.41, 5.74) is 10.1. The Kier molecular flexibility index (Phi) is 5.26. The van der Waals surface area contributed by atoms with Gasteiger partial charge in [0, 0.05) is 41.7 Å². The molecule has 0 saturated heterocycles. The number of nitrogens with two attached hydrogens (primary N) is 1. The van der Waals surface area contributed by atoms with E-state index in [1.807, 2.05) is 43.4 Å². The standard InChI is InChI=1S/C24H20N6O2S/c1-30-22(23-17(9-25)15-5-3-4-6-20(15)33-23)18(11-27-30)13-7-14(12-32-2)21-16(8-13)19(10-26)28-29-24(21)31/h3-8,11H,10,12,26H2,1-2H3,(H,29,31). The predicted octanol–water partition coefficient (Wildman–Crippen LogP) is 3.68. The van der Waals surface area contributed by atoms with Crippen LogP contribution < -0.4 is 11.3 Å². The van der Waals surface area contributed by atoms with E-state index in [1.54, 1.807) is 29.3 Å². The fourth-order valence-electron chi connectivity index (χ4n) is 4.25. The molecule has 0 aliphatic rings. The van der Waals surface area contributed by atoms with Crippen molar-refractivity contribution in [3.05, 3.63) is 69.8 Å². The molecule has 0 aliphatic heterocycles. The minimum Gasteiger partial charge on any atom is -0.380 e. The van der Waals surface area contributed by atoms with E-state index in [-0.39, 0.29) is 18.7 Å². The van der Waals surface area contributed by atoms with Gasteiger partial charge in [0.05, 0.1) is 40.0 Å². The van der Waals surface area contributed by atoms with Gasteiger partial charge in [0.25, 0.3) is 5.56 Å². The molecule has 0 radical (unpaired) electrons. The molecule has 33 heavy (non-hydrogen) atoms. The topological polar surface area (TPSA) is 123 Å². The molecule has 0 bridgehead atoms. The van der Waals surface area contributed by atoms with Gasteiger partial charge in [-0.15, -0.1) is 11.3 Å². The molecule has 164 valence electrons. The number of aromatic nitrogens is 4. The Balaban J connectivity index is 1.83. The Labute approximate surface area is 192 Å². The van der Waals surface area contributed by atoms with E-state index < -0.39 is 0 Å². The lowest BCUT2D eigenvalue weighted by Gasteiger charge is -2.12. The maximum atomic E-state index is 12.6. The largest absolute Gasteiger partial charge is 0.380 e. The number of nitrogens with zero attached hydrogens (tertiary/aromatic N) is 4. The van der Waals surface area contributed by atoms with E-state index in [0.717, 1.165) is 37.3 Å². The van der Waals surface area contributed by atoms with Gasteiger partial charge in [-0.1, -0.05) is 18.2 Å². The number of fused-ring (bicyclic) bond motifs is 2. The summed E-state index contributed by atoms with van der Waals surface area (Å²) in [4.78, 5) is 13.5. The first kappa shape index (κ1) is 21.0. The van der Waals surface area contributed by atoms with Crippen molar-refractivity contribution >= 4 is 32.2 Å². The van der Waals surface area contributed by atoms with Gasteiger partial charge in [-0.05, 0) is 29.3 Å². The summed E-state index contributed by atoms with van der Waals surface area (Å²) in [6.07, 6.45) is 1.78. The lowest BCUT2D eigenvalue weighted by atomic mass is 9.96. The molecule has 0 unspecified atom stereocenters. The molecular formula is C24H20N6O2S. The van der Waals surface area contributed by atoms with Crippen molar-refractivity contribution in [2.24, 2.45) is 12.8 Å². The predicted molar refractivity (Wildman–Crippen MR) is 129 cm³/mol. The van der Waals surface area contributed by atoms with Crippen molar-refractivity contribution in [2.45, 2.75) is 13.2 Å². The molecule has 9 heteroatoms. The van der Waals surface area contributed by atoms with Crippen molar-refractivity contribution in [2.75, 3.05) is 7.11 Å². The molecule has 5 rings (SSSR count). The molecule has 0 amide bonds. The summed E-state index contributed by atoms with van der Waals surface area (Å²) in [5.74, 6) is 0. The smallest absolute Gasteiger partial charge is 0.272 e. The average Bonchev–Trinajstić information content (AvgIpc) is 3.38. The van der Waals surface area contributed by atoms with E-state index in [0.29, 0.717) is 22.0 Å². The third kappa shape index (κ3) is 3.32. The first-order chi connectivity index (χ1) is 16.1. The number of nitriles is 1. The van der Waals surface area contributed by atoms with E-state index in [9.17, 15) is 10.1 Å². The van der Waals surface area contributed by atoms with Crippen LogP contribution in [0.3, 0.4) is 0 Å². The summed E-state index contributed by atoms with van der Waals surface area (Å²) in [6, 6.07) is 14.1. The Morgan fingerprint density at radius 2 is 2.09 bits per heavy atom. The van der Waals surface area contributed by atoms with Crippen LogP contribution in [-0.4, -0.2) is 27.1 Å². The first-order valence-corrected chi connectivity index (χ1v) is 11.1. The molecular weight excluding hydrogens is 436 g/mol. The monoisotopic (exact) mass is 456 g/mol. The number of ether oxygens (including phenoxy) is 1. The number of methoxy groups -OCH3 is 1. The minimum absolute atomic E-state index is 0.179. The van der Waals surface area contributed by atoms with Crippen molar-refractivity contribution in [3.63, 3.8) is 0 Å². The number of benzene rings is 2. The van der Waals surface area contributed by atoms with Gasteiger partial charge in [-0.3, -0.25) is 9.48 Å². The van der Waals surface area contributed by atoms with E-state index in [1.165, 1.54) is 0 Å². The third-order valence-corrected chi connectivity index (χ3v) is 6.89. The van der Waals surface area contributed by atoms with Crippen LogP contribution in [0, 0.1) is 11.3 Å². The van der Waals surface area contributed by atoms with Crippen LogP contribution in [-0.2, 0) is 24.9 Å². The van der Waals surface area contributed by atoms with Gasteiger partial charge in [0.2, 0.25) is 0 Å². The Hall–Kier alpha value is -3.84. The van der Waals surface area contributed by atoms with E-state index in [4.69, 9.17) is 10.5 Å². The van der Waals surface area contributed by atoms with E-state index >= 15 is 0 Å². The number of nitrogens with one attached hydrogen (secondary N) is 1. The fourth-order valence-corrected chi connectivity index (χ4v) is 5.50. The summed E-state index contributed by atoms with van der Waals surface area (Å²) in [6.45, 7) is 0.432. The molecule has 0 fully saturated rings. The highest BCUT2D eigenvalue weighted by atomic mass is 32.1. The van der Waals surface area contributed by atoms with Crippen LogP contribution in [0.5, 0.6) is 0 Å². The number of thiophene rings is 1. The molecule has 2 aromatic carbocycles. The maximum Gasteiger partial charge on any atom is 0.272 e. The van der Waals surface area contributed by atoms with Gasteiger partial charge in [0.1, 0.15) is 6.07 Å². The quantitative estimate of drug-likeness (QED) is 0.416. The van der Waals surface area contributed by atoms with Gasteiger partial charge >= 0.3 is 0 Å². The van der Waals surface area contributed by atoms with Crippen LogP contribution in [0.25, 0.3) is 42.6 Å². The lowest BCUT2D eigenvalue weighted by molar-refractivity contribution is 0.186. The van der Waals surface area contributed by atoms with Gasteiger partial charge in [-0.2, -0.15) is 15.5 Å².